The van der Waals surface area contributed by atoms with E-state index in [4.69, 9.17) is 0 Å². The minimum atomic E-state index is -4.18. The molecule has 0 spiro atoms. The van der Waals surface area contributed by atoms with E-state index < -0.39 is 13.8 Å². The molecule has 0 radical (unpaired) electrons. The largest absolute Gasteiger partial charge is 0.396 e. The number of alkyl halides is 2. The Balaban J connectivity index is 4.02. The van der Waals surface area contributed by atoms with Crippen molar-refractivity contribution in [2.75, 3.05) is 13.2 Å². The van der Waals surface area contributed by atoms with Gasteiger partial charge in [-0.05, 0) is 12.8 Å². The zero-order chi connectivity index (χ0) is 11.7. The van der Waals surface area contributed by atoms with Crippen molar-refractivity contribution < 1.29 is 22.4 Å². The number of unbranched alkanes of at least 4 members (excludes halogenated alkanes) is 2. The molecule has 0 aliphatic rings. The molecule has 0 heterocycles. The van der Waals surface area contributed by atoms with Crippen LogP contribution in [-0.2, 0) is 13.6 Å². The first-order valence-corrected chi connectivity index (χ1v) is 6.85. The molecule has 0 bridgehead atoms. The topological polar surface area (TPSA) is 35.5 Å². The zero-order valence-electron chi connectivity index (χ0n) is 9.25. The molecular formula is C9H19F2O3P. The van der Waals surface area contributed by atoms with E-state index in [2.05, 4.69) is 9.05 Å². The van der Waals surface area contributed by atoms with Crippen LogP contribution in [0.3, 0.4) is 0 Å². The van der Waals surface area contributed by atoms with E-state index >= 15 is 0 Å². The monoisotopic (exact) mass is 244 g/mol. The fourth-order valence-corrected chi connectivity index (χ4v) is 1.89. The lowest BCUT2D eigenvalue weighted by Gasteiger charge is -2.17. The Morgan fingerprint density at radius 3 is 1.73 bits per heavy atom. The summed E-state index contributed by atoms with van der Waals surface area (Å²) in [5.74, 6) is 0. The quantitative estimate of drug-likeness (QED) is 0.453. The van der Waals surface area contributed by atoms with E-state index in [0.717, 1.165) is 12.8 Å². The van der Waals surface area contributed by atoms with E-state index in [1.807, 2.05) is 13.8 Å². The summed E-state index contributed by atoms with van der Waals surface area (Å²) in [5.41, 5.74) is 0. The van der Waals surface area contributed by atoms with E-state index in [1.54, 1.807) is 0 Å². The van der Waals surface area contributed by atoms with Gasteiger partial charge in [-0.25, -0.2) is 0 Å². The Kier molecular flexibility index (Phi) is 8.20. The van der Waals surface area contributed by atoms with Crippen LogP contribution in [0.4, 0.5) is 8.78 Å². The molecule has 0 aliphatic carbocycles. The van der Waals surface area contributed by atoms with Crippen LogP contribution in [0.15, 0.2) is 0 Å². The highest BCUT2D eigenvalue weighted by Gasteiger charge is 2.36. The number of rotatable bonds is 9. The van der Waals surface area contributed by atoms with E-state index in [9.17, 15) is 13.3 Å². The van der Waals surface area contributed by atoms with Crippen molar-refractivity contribution in [1.82, 2.24) is 0 Å². The molecule has 0 saturated heterocycles. The Bertz CT molecular complexity index is 186. The first-order valence-electron chi connectivity index (χ1n) is 5.23. The third-order valence-corrected chi connectivity index (χ3v) is 3.34. The second kappa shape index (κ2) is 8.20. The van der Waals surface area contributed by atoms with E-state index in [1.165, 1.54) is 0 Å². The fourth-order valence-electron chi connectivity index (χ4n) is 0.822. The zero-order valence-corrected chi connectivity index (χ0v) is 10.1. The Morgan fingerprint density at radius 1 is 1.07 bits per heavy atom. The lowest BCUT2D eigenvalue weighted by atomic mass is 10.4. The smallest absolute Gasteiger partial charge is 0.305 e. The van der Waals surface area contributed by atoms with Crippen LogP contribution in [-0.4, -0.2) is 19.4 Å². The molecule has 0 fully saturated rings. The SMILES string of the molecule is CCCCOP(=O)(OCCCC)C(F)F. The number of halogens is 2. The van der Waals surface area contributed by atoms with Crippen LogP contribution in [0.2, 0.25) is 0 Å². The van der Waals surface area contributed by atoms with Gasteiger partial charge >= 0.3 is 13.8 Å². The molecule has 0 atom stereocenters. The Morgan fingerprint density at radius 2 is 1.47 bits per heavy atom. The van der Waals surface area contributed by atoms with Gasteiger partial charge in [-0.2, -0.15) is 8.78 Å². The number of hydrogen-bond donors (Lipinski definition) is 0. The van der Waals surface area contributed by atoms with Crippen molar-refractivity contribution >= 4 is 7.60 Å². The van der Waals surface area contributed by atoms with Crippen molar-refractivity contribution in [2.45, 2.75) is 45.7 Å². The van der Waals surface area contributed by atoms with Gasteiger partial charge < -0.3 is 9.05 Å². The average Bonchev–Trinajstić information content (AvgIpc) is 2.18. The summed E-state index contributed by atoms with van der Waals surface area (Å²) in [6, 6.07) is 0. The molecule has 0 aromatic carbocycles. The van der Waals surface area contributed by atoms with Crippen molar-refractivity contribution in [1.29, 1.82) is 0 Å². The second-order valence-corrected chi connectivity index (χ2v) is 5.18. The predicted octanol–water partition coefficient (Wildman–Crippen LogP) is 4.04. The van der Waals surface area contributed by atoms with Crippen LogP contribution in [0.1, 0.15) is 39.5 Å². The molecule has 3 nitrogen and oxygen atoms in total. The van der Waals surface area contributed by atoms with Crippen LogP contribution < -0.4 is 0 Å². The minimum absolute atomic E-state index is 0.0598. The first-order chi connectivity index (χ1) is 7.06. The lowest BCUT2D eigenvalue weighted by molar-refractivity contribution is 0.126. The summed E-state index contributed by atoms with van der Waals surface area (Å²) in [4.78, 5) is 0. The Labute approximate surface area is 89.7 Å². The second-order valence-electron chi connectivity index (χ2n) is 3.19. The van der Waals surface area contributed by atoms with Gasteiger partial charge in [0.15, 0.2) is 0 Å². The molecule has 0 aromatic rings. The molecule has 0 rings (SSSR count). The van der Waals surface area contributed by atoms with Gasteiger partial charge in [0.25, 0.3) is 0 Å². The highest BCUT2D eigenvalue weighted by atomic mass is 31.2. The predicted molar refractivity (Wildman–Crippen MR) is 55.3 cm³/mol. The molecule has 0 aliphatic heterocycles. The molecule has 0 unspecified atom stereocenters. The molecule has 15 heavy (non-hydrogen) atoms. The molecule has 6 heteroatoms. The fraction of sp³-hybridized carbons (Fsp3) is 1.00. The van der Waals surface area contributed by atoms with Gasteiger partial charge in [-0.15, -0.1) is 0 Å². The first kappa shape index (κ1) is 15.0. The number of hydrogen-bond acceptors (Lipinski definition) is 3. The maximum absolute atomic E-state index is 12.4. The average molecular weight is 244 g/mol. The molecule has 0 amide bonds. The summed E-state index contributed by atoms with van der Waals surface area (Å²) in [7, 11) is -4.18. The third-order valence-electron chi connectivity index (χ3n) is 1.78. The molecule has 92 valence electrons. The minimum Gasteiger partial charge on any atom is -0.305 e. The van der Waals surface area contributed by atoms with Crippen molar-refractivity contribution in [2.24, 2.45) is 0 Å². The summed E-state index contributed by atoms with van der Waals surface area (Å²) in [6.07, 6.45) is -0.232. The summed E-state index contributed by atoms with van der Waals surface area (Å²) < 4.78 is 45.6. The summed E-state index contributed by atoms with van der Waals surface area (Å²) in [5, 5.41) is 0. The highest BCUT2D eigenvalue weighted by Crippen LogP contribution is 2.54. The maximum Gasteiger partial charge on any atom is 0.396 e. The maximum atomic E-state index is 12.4. The highest BCUT2D eigenvalue weighted by molar-refractivity contribution is 7.54. The molecular weight excluding hydrogens is 225 g/mol. The lowest BCUT2D eigenvalue weighted by Crippen LogP contribution is -2.05. The van der Waals surface area contributed by atoms with Crippen molar-refractivity contribution in [3.8, 4) is 0 Å². The summed E-state index contributed by atoms with van der Waals surface area (Å²) in [6.45, 7) is 3.91. The molecule has 0 aromatic heterocycles. The van der Waals surface area contributed by atoms with Gasteiger partial charge in [0, 0.05) is 0 Å². The molecule has 0 N–H and O–H groups in total. The summed E-state index contributed by atoms with van der Waals surface area (Å²) >= 11 is 0. The van der Waals surface area contributed by atoms with Crippen LogP contribution in [0.25, 0.3) is 0 Å². The van der Waals surface area contributed by atoms with Gasteiger partial charge in [0.1, 0.15) is 0 Å². The van der Waals surface area contributed by atoms with Crippen molar-refractivity contribution in [3.63, 3.8) is 0 Å². The normalized spacial score (nSPS) is 12.3. The van der Waals surface area contributed by atoms with E-state index in [0.29, 0.717) is 12.8 Å². The van der Waals surface area contributed by atoms with Crippen molar-refractivity contribution in [3.05, 3.63) is 0 Å². The van der Waals surface area contributed by atoms with Crippen LogP contribution in [0.5, 0.6) is 0 Å². The van der Waals surface area contributed by atoms with Gasteiger partial charge in [0.05, 0.1) is 13.2 Å². The third kappa shape index (κ3) is 6.23. The molecule has 0 saturated carbocycles. The van der Waals surface area contributed by atoms with Gasteiger partial charge in [0.2, 0.25) is 0 Å². The van der Waals surface area contributed by atoms with Crippen LogP contribution in [0, 0.1) is 0 Å². The standard InChI is InChI=1S/C9H19F2O3P/c1-3-5-7-13-15(12,9(10)11)14-8-6-4-2/h9H,3-8H2,1-2H3. The van der Waals surface area contributed by atoms with Gasteiger partial charge in [-0.1, -0.05) is 26.7 Å². The van der Waals surface area contributed by atoms with Crippen LogP contribution >= 0.6 is 7.60 Å². The van der Waals surface area contributed by atoms with E-state index in [-0.39, 0.29) is 13.2 Å². The van der Waals surface area contributed by atoms with Gasteiger partial charge in [-0.3, -0.25) is 4.57 Å². The Hall–Kier alpha value is 0.01000.